The van der Waals surface area contributed by atoms with Gasteiger partial charge in [-0.05, 0) is 36.2 Å². The lowest BCUT2D eigenvalue weighted by molar-refractivity contribution is 0.0690. The van der Waals surface area contributed by atoms with E-state index < -0.39 is 5.97 Å². The molecule has 1 aliphatic heterocycles. The molecule has 1 aromatic carbocycles. The third kappa shape index (κ3) is 2.36. The monoisotopic (exact) mass is 302 g/mol. The van der Waals surface area contributed by atoms with Gasteiger partial charge in [-0.15, -0.1) is 0 Å². The fraction of sp³-hybridized carbons (Fsp3) is 0.133. The molecule has 3 rings (SSSR count). The van der Waals surface area contributed by atoms with Crippen LogP contribution < -0.4 is 4.90 Å². The minimum atomic E-state index is -1.12. The van der Waals surface area contributed by atoms with Crippen molar-refractivity contribution in [2.24, 2.45) is 0 Å². The first-order valence-corrected chi connectivity index (χ1v) is 6.74. The number of amides is 1. The fourth-order valence-electron chi connectivity index (χ4n) is 2.41. The lowest BCUT2D eigenvalue weighted by Crippen LogP contribution is -2.29. The molecule has 1 N–H and O–H groups in total. The molecule has 5 nitrogen and oxygen atoms in total. The first kappa shape index (κ1) is 13.6. The largest absolute Gasteiger partial charge is 0.477 e. The van der Waals surface area contributed by atoms with Crippen LogP contribution in [0.15, 0.2) is 36.5 Å². The van der Waals surface area contributed by atoms with Gasteiger partial charge in [0.05, 0.1) is 5.56 Å². The van der Waals surface area contributed by atoms with Gasteiger partial charge in [0.25, 0.3) is 5.91 Å². The van der Waals surface area contributed by atoms with E-state index in [1.165, 1.54) is 18.3 Å². The number of fused-ring (bicyclic) bond motifs is 1. The molecule has 0 bridgehead atoms. The van der Waals surface area contributed by atoms with E-state index in [0.29, 0.717) is 23.6 Å². The number of rotatable bonds is 2. The molecule has 0 atom stereocenters. The highest BCUT2D eigenvalue weighted by molar-refractivity contribution is 6.32. The van der Waals surface area contributed by atoms with E-state index in [-0.39, 0.29) is 11.6 Å². The molecule has 0 fully saturated rings. The zero-order chi connectivity index (χ0) is 15.0. The maximum Gasteiger partial charge on any atom is 0.354 e. The van der Waals surface area contributed by atoms with E-state index >= 15 is 0 Å². The maximum atomic E-state index is 12.5. The second kappa shape index (κ2) is 5.18. The molecule has 6 heteroatoms. The number of anilines is 1. The highest BCUT2D eigenvalue weighted by atomic mass is 35.5. The predicted octanol–water partition coefficient (Wildman–Crippen LogP) is 2.64. The van der Waals surface area contributed by atoms with Crippen molar-refractivity contribution in [1.29, 1.82) is 0 Å². The van der Waals surface area contributed by atoms with Gasteiger partial charge in [0, 0.05) is 23.5 Å². The predicted molar refractivity (Wildman–Crippen MR) is 78.0 cm³/mol. The molecule has 1 aromatic heterocycles. The van der Waals surface area contributed by atoms with E-state index in [2.05, 4.69) is 4.98 Å². The number of hydrogen-bond acceptors (Lipinski definition) is 3. The van der Waals surface area contributed by atoms with Crippen LogP contribution in [0.4, 0.5) is 5.69 Å². The van der Waals surface area contributed by atoms with Crippen molar-refractivity contribution < 1.29 is 14.7 Å². The van der Waals surface area contributed by atoms with E-state index in [1.807, 2.05) is 6.07 Å². The molecule has 2 heterocycles. The Bertz CT molecular complexity index is 728. The minimum absolute atomic E-state index is 0.0867. The number of carboxylic acids is 1. The zero-order valence-corrected chi connectivity index (χ0v) is 11.7. The Kier molecular flexibility index (Phi) is 3.35. The van der Waals surface area contributed by atoms with E-state index in [4.69, 9.17) is 16.7 Å². The lowest BCUT2D eigenvalue weighted by Gasteiger charge is -2.17. The molecule has 0 radical (unpaired) electrons. The normalized spacial score (nSPS) is 13.1. The number of carbonyl (C=O) groups is 2. The highest BCUT2D eigenvalue weighted by Gasteiger charge is 2.27. The lowest BCUT2D eigenvalue weighted by atomic mass is 10.1. The van der Waals surface area contributed by atoms with Crippen LogP contribution >= 0.6 is 11.6 Å². The quantitative estimate of drug-likeness (QED) is 0.926. The smallest absolute Gasteiger partial charge is 0.354 e. The maximum absolute atomic E-state index is 12.5. The Morgan fingerprint density at radius 3 is 2.71 bits per heavy atom. The van der Waals surface area contributed by atoms with Gasteiger partial charge in [-0.25, -0.2) is 9.78 Å². The number of carboxylic acid groups (broad SMARTS) is 1. The van der Waals surface area contributed by atoms with Crippen molar-refractivity contribution in [3.63, 3.8) is 0 Å². The van der Waals surface area contributed by atoms with Gasteiger partial charge in [-0.1, -0.05) is 17.7 Å². The Balaban J connectivity index is 1.91. The summed E-state index contributed by atoms with van der Waals surface area (Å²) >= 11 is 6.13. The van der Waals surface area contributed by atoms with Crippen LogP contribution in [0.2, 0.25) is 5.02 Å². The summed E-state index contributed by atoms with van der Waals surface area (Å²) in [6.45, 7) is 0.554. The van der Waals surface area contributed by atoms with E-state index in [1.54, 1.807) is 17.0 Å². The van der Waals surface area contributed by atoms with Crippen LogP contribution in [-0.4, -0.2) is 28.5 Å². The zero-order valence-electron chi connectivity index (χ0n) is 10.9. The number of hydrogen-bond donors (Lipinski definition) is 1. The Morgan fingerprint density at radius 1 is 1.24 bits per heavy atom. The van der Waals surface area contributed by atoms with Gasteiger partial charge in [-0.3, -0.25) is 4.79 Å². The van der Waals surface area contributed by atoms with Crippen molar-refractivity contribution in [2.75, 3.05) is 11.4 Å². The van der Waals surface area contributed by atoms with Gasteiger partial charge in [-0.2, -0.15) is 0 Å². The van der Waals surface area contributed by atoms with Crippen LogP contribution in [0.1, 0.15) is 26.4 Å². The van der Waals surface area contributed by atoms with Crippen LogP contribution in [-0.2, 0) is 6.42 Å². The van der Waals surface area contributed by atoms with Crippen LogP contribution in [0.25, 0.3) is 0 Å². The number of nitrogens with zero attached hydrogens (tertiary/aromatic N) is 2. The second-order valence-electron chi connectivity index (χ2n) is 4.68. The number of carbonyl (C=O) groups excluding carboxylic acids is 1. The van der Waals surface area contributed by atoms with Crippen molar-refractivity contribution in [1.82, 2.24) is 4.98 Å². The van der Waals surface area contributed by atoms with Gasteiger partial charge in [0.2, 0.25) is 0 Å². The van der Waals surface area contributed by atoms with Crippen LogP contribution in [0.5, 0.6) is 0 Å². The molecule has 0 unspecified atom stereocenters. The van der Waals surface area contributed by atoms with Crippen molar-refractivity contribution in [3.8, 4) is 0 Å². The summed E-state index contributed by atoms with van der Waals surface area (Å²) in [5, 5.41) is 9.47. The van der Waals surface area contributed by atoms with Crippen molar-refractivity contribution in [2.45, 2.75) is 6.42 Å². The number of aromatic nitrogens is 1. The van der Waals surface area contributed by atoms with Gasteiger partial charge in [0.1, 0.15) is 5.69 Å². The molecule has 106 valence electrons. The summed E-state index contributed by atoms with van der Waals surface area (Å²) < 4.78 is 0. The molecule has 0 spiro atoms. The van der Waals surface area contributed by atoms with Crippen molar-refractivity contribution in [3.05, 3.63) is 58.4 Å². The SMILES string of the molecule is O=C(O)c1ccc(C(=O)N2CCc3c(Cl)cccc32)cn1. The second-order valence-corrected chi connectivity index (χ2v) is 5.09. The summed E-state index contributed by atoms with van der Waals surface area (Å²) in [6.07, 6.45) is 2.00. The molecule has 1 amide bonds. The first-order valence-electron chi connectivity index (χ1n) is 6.36. The summed E-state index contributed by atoms with van der Waals surface area (Å²) in [5.74, 6) is -1.33. The van der Waals surface area contributed by atoms with Crippen LogP contribution in [0, 0.1) is 0 Å². The summed E-state index contributed by atoms with van der Waals surface area (Å²) in [7, 11) is 0. The molecule has 0 saturated carbocycles. The summed E-state index contributed by atoms with van der Waals surface area (Å²) in [6, 6.07) is 8.26. The molecular formula is C15H11ClN2O3. The molecular weight excluding hydrogens is 292 g/mol. The van der Waals surface area contributed by atoms with Crippen LogP contribution in [0.3, 0.4) is 0 Å². The topological polar surface area (TPSA) is 70.5 Å². The molecule has 2 aromatic rings. The highest BCUT2D eigenvalue weighted by Crippen LogP contribution is 2.34. The Hall–Kier alpha value is -2.40. The number of halogens is 1. The average Bonchev–Trinajstić information content (AvgIpc) is 2.92. The third-order valence-corrected chi connectivity index (χ3v) is 3.80. The number of benzene rings is 1. The Labute approximate surface area is 125 Å². The van der Waals surface area contributed by atoms with Crippen molar-refractivity contribution >= 4 is 29.2 Å². The van der Waals surface area contributed by atoms with E-state index in [9.17, 15) is 9.59 Å². The molecule has 0 saturated heterocycles. The third-order valence-electron chi connectivity index (χ3n) is 3.45. The fourth-order valence-corrected chi connectivity index (χ4v) is 2.67. The minimum Gasteiger partial charge on any atom is -0.477 e. The standard InChI is InChI=1S/C15H11ClN2O3/c16-11-2-1-3-13-10(11)6-7-18(13)14(19)9-4-5-12(15(20)21)17-8-9/h1-5,8H,6-7H2,(H,20,21). The first-order chi connectivity index (χ1) is 10.1. The van der Waals surface area contributed by atoms with Gasteiger partial charge < -0.3 is 10.0 Å². The van der Waals surface area contributed by atoms with Gasteiger partial charge >= 0.3 is 5.97 Å². The summed E-state index contributed by atoms with van der Waals surface area (Å²) in [5.41, 5.74) is 2.03. The van der Waals surface area contributed by atoms with E-state index in [0.717, 1.165) is 11.3 Å². The molecule has 21 heavy (non-hydrogen) atoms. The number of pyridine rings is 1. The average molecular weight is 303 g/mol. The molecule has 1 aliphatic rings. The number of aromatic carboxylic acids is 1. The summed E-state index contributed by atoms with van der Waals surface area (Å²) in [4.78, 5) is 28.7. The Morgan fingerprint density at radius 2 is 2.05 bits per heavy atom. The molecule has 0 aliphatic carbocycles. The van der Waals surface area contributed by atoms with Gasteiger partial charge in [0.15, 0.2) is 0 Å².